The van der Waals surface area contributed by atoms with Gasteiger partial charge >= 0.3 is 0 Å². The Labute approximate surface area is 136 Å². The normalized spacial score (nSPS) is 12.2. The molecule has 0 radical (unpaired) electrons. The van der Waals surface area contributed by atoms with Gasteiger partial charge in [0.25, 0.3) is 0 Å². The van der Waals surface area contributed by atoms with Crippen LogP contribution in [0.4, 0.5) is 0 Å². The van der Waals surface area contributed by atoms with Crippen molar-refractivity contribution in [1.82, 2.24) is 4.98 Å². The summed E-state index contributed by atoms with van der Waals surface area (Å²) in [6.07, 6.45) is 0.773. The van der Waals surface area contributed by atoms with E-state index in [0.717, 1.165) is 33.1 Å². The Hall–Kier alpha value is -0.780. The van der Waals surface area contributed by atoms with Gasteiger partial charge in [-0.2, -0.15) is 0 Å². The van der Waals surface area contributed by atoms with E-state index in [0.29, 0.717) is 5.88 Å². The maximum atomic E-state index is 6.04. The number of hydrogen-bond acceptors (Lipinski definition) is 4. The Kier molecular flexibility index (Phi) is 5.69. The van der Waals surface area contributed by atoms with E-state index < -0.39 is 0 Å². The first-order valence-corrected chi connectivity index (χ1v) is 8.39. The van der Waals surface area contributed by atoms with Crippen LogP contribution in [0.1, 0.15) is 30.2 Å². The van der Waals surface area contributed by atoms with Gasteiger partial charge in [-0.3, -0.25) is 0 Å². The van der Waals surface area contributed by atoms with E-state index in [4.69, 9.17) is 21.1 Å². The number of halogens is 2. The topological polar surface area (TPSA) is 31.4 Å². The van der Waals surface area contributed by atoms with Crippen molar-refractivity contribution in [3.05, 3.63) is 38.8 Å². The number of aromatic nitrogens is 1. The van der Waals surface area contributed by atoms with Gasteiger partial charge < -0.3 is 9.47 Å². The molecule has 6 heteroatoms. The van der Waals surface area contributed by atoms with Crippen molar-refractivity contribution in [2.45, 2.75) is 25.3 Å². The van der Waals surface area contributed by atoms with Crippen LogP contribution in [0.2, 0.25) is 0 Å². The van der Waals surface area contributed by atoms with Crippen LogP contribution in [0.5, 0.6) is 11.5 Å². The molecule has 2 aromatic rings. The van der Waals surface area contributed by atoms with E-state index in [1.165, 1.54) is 0 Å². The second-order valence-corrected chi connectivity index (χ2v) is 6.13. The number of alkyl halides is 1. The van der Waals surface area contributed by atoms with Crippen LogP contribution in [0.3, 0.4) is 0 Å². The van der Waals surface area contributed by atoms with E-state index in [1.807, 2.05) is 23.6 Å². The van der Waals surface area contributed by atoms with Crippen molar-refractivity contribution in [1.29, 1.82) is 0 Å². The largest absolute Gasteiger partial charge is 0.497 e. The molecule has 3 nitrogen and oxygen atoms in total. The zero-order chi connectivity index (χ0) is 14.5. The van der Waals surface area contributed by atoms with Gasteiger partial charge in [0.2, 0.25) is 0 Å². The number of ether oxygens (including phenoxy) is 2. The fraction of sp³-hybridized carbons (Fsp3) is 0.357. The Balaban J connectivity index is 2.17. The number of hydrogen-bond donors (Lipinski definition) is 0. The van der Waals surface area contributed by atoms with Crippen LogP contribution >= 0.6 is 38.9 Å². The number of methoxy groups -OCH3 is 1. The van der Waals surface area contributed by atoms with Crippen molar-refractivity contribution in [2.75, 3.05) is 7.11 Å². The van der Waals surface area contributed by atoms with Crippen LogP contribution in [0, 0.1) is 0 Å². The number of rotatable bonds is 6. The molecule has 0 aliphatic carbocycles. The summed E-state index contributed by atoms with van der Waals surface area (Å²) in [5.74, 6) is 2.00. The Morgan fingerprint density at radius 3 is 2.80 bits per heavy atom. The quantitative estimate of drug-likeness (QED) is 0.651. The van der Waals surface area contributed by atoms with Gasteiger partial charge in [-0.1, -0.05) is 6.92 Å². The van der Waals surface area contributed by atoms with E-state index >= 15 is 0 Å². The van der Waals surface area contributed by atoms with Gasteiger partial charge in [0, 0.05) is 5.38 Å². The average molecular weight is 377 g/mol. The van der Waals surface area contributed by atoms with Gasteiger partial charge in [0.15, 0.2) is 0 Å². The lowest BCUT2D eigenvalue weighted by atomic mass is 10.2. The molecule has 1 atom stereocenters. The minimum Gasteiger partial charge on any atom is -0.497 e. The predicted molar refractivity (Wildman–Crippen MR) is 86.0 cm³/mol. The monoisotopic (exact) mass is 375 g/mol. The van der Waals surface area contributed by atoms with Crippen molar-refractivity contribution in [2.24, 2.45) is 0 Å². The maximum absolute atomic E-state index is 6.04. The third-order valence-corrected chi connectivity index (χ3v) is 4.64. The van der Waals surface area contributed by atoms with Crippen LogP contribution < -0.4 is 9.47 Å². The molecule has 1 unspecified atom stereocenters. The first-order valence-electron chi connectivity index (χ1n) is 6.18. The van der Waals surface area contributed by atoms with Gasteiger partial charge in [-0.05, 0) is 40.5 Å². The summed E-state index contributed by atoms with van der Waals surface area (Å²) < 4.78 is 12.1. The maximum Gasteiger partial charge on any atom is 0.150 e. The minimum absolute atomic E-state index is 0.0679. The molecular formula is C14H15BrClNO2S. The van der Waals surface area contributed by atoms with Crippen molar-refractivity contribution in [3.8, 4) is 11.5 Å². The van der Waals surface area contributed by atoms with Gasteiger partial charge in [-0.25, -0.2) is 4.98 Å². The highest BCUT2D eigenvalue weighted by atomic mass is 79.9. The van der Waals surface area contributed by atoms with Gasteiger partial charge in [-0.15, -0.1) is 22.9 Å². The fourth-order valence-electron chi connectivity index (χ4n) is 1.70. The highest BCUT2D eigenvalue weighted by molar-refractivity contribution is 9.10. The van der Waals surface area contributed by atoms with Gasteiger partial charge in [0.1, 0.15) is 22.6 Å². The smallest absolute Gasteiger partial charge is 0.150 e. The first-order chi connectivity index (χ1) is 9.67. The number of benzene rings is 1. The van der Waals surface area contributed by atoms with Crippen molar-refractivity contribution < 1.29 is 9.47 Å². The van der Waals surface area contributed by atoms with Crippen molar-refractivity contribution >= 4 is 38.9 Å². The second kappa shape index (κ2) is 7.29. The van der Waals surface area contributed by atoms with Crippen LogP contribution in [-0.4, -0.2) is 12.1 Å². The predicted octanol–water partition coefficient (Wildman–Crippen LogP) is 5.18. The molecule has 20 heavy (non-hydrogen) atoms. The molecule has 1 aromatic heterocycles. The summed E-state index contributed by atoms with van der Waals surface area (Å²) in [4.78, 5) is 4.48. The Morgan fingerprint density at radius 1 is 1.45 bits per heavy atom. The number of thiazole rings is 1. The fourth-order valence-corrected chi connectivity index (χ4v) is 3.31. The molecule has 0 saturated heterocycles. The summed E-state index contributed by atoms with van der Waals surface area (Å²) >= 11 is 10.9. The van der Waals surface area contributed by atoms with Gasteiger partial charge in [0.05, 0.1) is 23.2 Å². The molecule has 1 aromatic carbocycles. The summed E-state index contributed by atoms with van der Waals surface area (Å²) in [6, 6.07) is 5.65. The molecule has 0 aliphatic heterocycles. The van der Waals surface area contributed by atoms with Crippen LogP contribution in [-0.2, 0) is 5.88 Å². The minimum atomic E-state index is -0.0679. The van der Waals surface area contributed by atoms with Crippen molar-refractivity contribution in [3.63, 3.8) is 0 Å². The molecule has 0 spiro atoms. The lowest BCUT2D eigenvalue weighted by Gasteiger charge is -2.16. The van der Waals surface area contributed by atoms with E-state index in [1.54, 1.807) is 18.4 Å². The lowest BCUT2D eigenvalue weighted by Crippen LogP contribution is -2.06. The molecular weight excluding hydrogens is 362 g/mol. The first kappa shape index (κ1) is 15.6. The Bertz CT molecular complexity index is 576. The average Bonchev–Trinajstić information content (AvgIpc) is 2.94. The molecule has 108 valence electrons. The molecule has 0 bridgehead atoms. The molecule has 0 aliphatic rings. The molecule has 0 fully saturated rings. The van der Waals surface area contributed by atoms with E-state index in [9.17, 15) is 0 Å². The van der Waals surface area contributed by atoms with Crippen LogP contribution in [0.15, 0.2) is 28.1 Å². The zero-order valence-electron chi connectivity index (χ0n) is 11.2. The van der Waals surface area contributed by atoms with Crippen LogP contribution in [0.25, 0.3) is 0 Å². The molecule has 1 heterocycles. The highest BCUT2D eigenvalue weighted by Crippen LogP contribution is 2.34. The third-order valence-electron chi connectivity index (χ3n) is 2.76. The summed E-state index contributed by atoms with van der Waals surface area (Å²) in [7, 11) is 1.64. The second-order valence-electron chi connectivity index (χ2n) is 4.12. The standard InChI is InChI=1S/C14H15BrClNO2S/c1-3-12(14-17-9(7-16)8-20-14)19-13-5-4-10(18-2)6-11(13)15/h4-6,8,12H,3,7H2,1-2H3. The Morgan fingerprint density at radius 2 is 2.25 bits per heavy atom. The zero-order valence-corrected chi connectivity index (χ0v) is 14.4. The van der Waals surface area contributed by atoms with E-state index in [-0.39, 0.29) is 6.10 Å². The summed E-state index contributed by atoms with van der Waals surface area (Å²) in [6.45, 7) is 2.07. The molecule has 0 N–H and O–H groups in total. The number of nitrogens with zero attached hydrogens (tertiary/aromatic N) is 1. The molecule has 0 saturated carbocycles. The summed E-state index contributed by atoms with van der Waals surface area (Å²) in [5.41, 5.74) is 0.891. The lowest BCUT2D eigenvalue weighted by molar-refractivity contribution is 0.199. The highest BCUT2D eigenvalue weighted by Gasteiger charge is 2.17. The SMILES string of the molecule is CCC(Oc1ccc(OC)cc1Br)c1nc(CCl)cs1. The summed E-state index contributed by atoms with van der Waals surface area (Å²) in [5, 5.41) is 2.92. The van der Waals surface area contributed by atoms with E-state index in [2.05, 4.69) is 27.8 Å². The third kappa shape index (κ3) is 3.65. The molecule has 2 rings (SSSR count). The molecule has 0 amide bonds.